The minimum absolute atomic E-state index is 0.0208. The van der Waals surface area contributed by atoms with Crippen LogP contribution in [0.25, 0.3) is 11.3 Å². The van der Waals surface area contributed by atoms with E-state index in [1.165, 1.54) is 0 Å². The third kappa shape index (κ3) is 5.10. The highest BCUT2D eigenvalue weighted by Crippen LogP contribution is 2.30. The maximum absolute atomic E-state index is 12.6. The van der Waals surface area contributed by atoms with E-state index >= 15 is 0 Å². The Labute approximate surface area is 175 Å². The van der Waals surface area contributed by atoms with Gasteiger partial charge in [0, 0.05) is 34.2 Å². The van der Waals surface area contributed by atoms with Crippen molar-refractivity contribution in [1.29, 1.82) is 0 Å². The van der Waals surface area contributed by atoms with Crippen LogP contribution in [0, 0.1) is 10.5 Å². The highest BCUT2D eigenvalue weighted by Gasteiger charge is 2.16. The van der Waals surface area contributed by atoms with Crippen LogP contribution in [0.5, 0.6) is 0 Å². The molecule has 1 aromatic carbocycles. The highest BCUT2D eigenvalue weighted by atomic mass is 127. The van der Waals surface area contributed by atoms with Gasteiger partial charge in [-0.25, -0.2) is 9.97 Å². The number of carbonyl (C=O) groups is 2. The molecular formula is C18H20IN5O2S. The van der Waals surface area contributed by atoms with Crippen molar-refractivity contribution in [2.45, 2.75) is 24.8 Å². The fraction of sp³-hybridized carbons (Fsp3) is 0.333. The lowest BCUT2D eigenvalue weighted by atomic mass is 10.0. The summed E-state index contributed by atoms with van der Waals surface area (Å²) in [5, 5.41) is 6.43. The Hall–Kier alpha value is -1.88. The number of nitrogens with one attached hydrogen (secondary N) is 2. The van der Waals surface area contributed by atoms with E-state index in [4.69, 9.17) is 5.73 Å². The lowest BCUT2D eigenvalue weighted by molar-refractivity contribution is -0.121. The van der Waals surface area contributed by atoms with E-state index in [0.29, 0.717) is 30.8 Å². The summed E-state index contributed by atoms with van der Waals surface area (Å²) >= 11 is 3.78. The fourth-order valence-corrected chi connectivity index (χ4v) is 4.49. The van der Waals surface area contributed by atoms with E-state index in [0.717, 1.165) is 31.9 Å². The summed E-state index contributed by atoms with van der Waals surface area (Å²) in [4.78, 5) is 33.1. The second-order valence-electron chi connectivity index (χ2n) is 6.15. The van der Waals surface area contributed by atoms with Gasteiger partial charge in [-0.1, -0.05) is 0 Å². The van der Waals surface area contributed by atoms with Gasteiger partial charge in [-0.2, -0.15) is 0 Å². The predicted octanol–water partition coefficient (Wildman–Crippen LogP) is 2.37. The predicted molar refractivity (Wildman–Crippen MR) is 115 cm³/mol. The van der Waals surface area contributed by atoms with E-state index in [-0.39, 0.29) is 17.8 Å². The molecule has 0 atom stereocenters. The molecule has 0 aliphatic carbocycles. The summed E-state index contributed by atoms with van der Waals surface area (Å²) in [5.74, 6) is 0.753. The van der Waals surface area contributed by atoms with Crippen molar-refractivity contribution < 1.29 is 9.59 Å². The molecule has 2 heterocycles. The van der Waals surface area contributed by atoms with Crippen LogP contribution in [0.15, 0.2) is 23.2 Å². The van der Waals surface area contributed by atoms with E-state index < -0.39 is 0 Å². The highest BCUT2D eigenvalue weighted by molar-refractivity contribution is 14.1. The molecular weight excluding hydrogens is 477 g/mol. The van der Waals surface area contributed by atoms with Crippen LogP contribution in [-0.4, -0.2) is 40.6 Å². The third-order valence-corrected chi connectivity index (χ3v) is 5.98. The molecule has 9 heteroatoms. The van der Waals surface area contributed by atoms with Gasteiger partial charge in [-0.05, 0) is 65.5 Å². The van der Waals surface area contributed by atoms with Gasteiger partial charge in [0.25, 0.3) is 5.91 Å². The van der Waals surface area contributed by atoms with Crippen LogP contribution in [0.2, 0.25) is 0 Å². The Balaban J connectivity index is 2.03. The largest absolute Gasteiger partial charge is 0.368 e. The molecule has 0 radical (unpaired) electrons. The zero-order valence-electron chi connectivity index (χ0n) is 14.8. The maximum Gasteiger partial charge on any atom is 0.251 e. The molecule has 4 N–H and O–H groups in total. The van der Waals surface area contributed by atoms with Crippen LogP contribution in [0.1, 0.15) is 28.8 Å². The number of halogens is 1. The summed E-state index contributed by atoms with van der Waals surface area (Å²) in [6.07, 6.45) is 1.17. The Kier molecular flexibility index (Phi) is 6.53. The first-order valence-corrected chi connectivity index (χ1v) is 10.6. The third-order valence-electron chi connectivity index (χ3n) is 4.09. The van der Waals surface area contributed by atoms with Crippen molar-refractivity contribution >= 4 is 52.1 Å². The Morgan fingerprint density at radius 3 is 2.70 bits per heavy atom. The summed E-state index contributed by atoms with van der Waals surface area (Å²) in [6, 6.07) is 5.68. The number of amides is 2. The Morgan fingerprint density at radius 1 is 1.11 bits per heavy atom. The summed E-state index contributed by atoms with van der Waals surface area (Å²) in [7, 11) is 0. The van der Waals surface area contributed by atoms with Crippen molar-refractivity contribution in [3.05, 3.63) is 32.9 Å². The summed E-state index contributed by atoms with van der Waals surface area (Å²) in [6.45, 7) is 2.69. The molecule has 0 saturated heterocycles. The lowest BCUT2D eigenvalue weighted by Crippen LogP contribution is -2.35. The molecule has 2 aromatic rings. The molecule has 0 saturated carbocycles. The number of fused-ring (bicyclic) bond motifs is 5. The van der Waals surface area contributed by atoms with Gasteiger partial charge in [-0.15, -0.1) is 11.8 Å². The number of aryl methyl sites for hydroxylation is 1. The number of nitrogens with zero attached hydrogens (tertiary/aromatic N) is 2. The fourth-order valence-electron chi connectivity index (χ4n) is 2.74. The monoisotopic (exact) mass is 497 g/mol. The average Bonchev–Trinajstić information content (AvgIpc) is 2.61. The van der Waals surface area contributed by atoms with Gasteiger partial charge < -0.3 is 16.4 Å². The standard InChI is InChI=1S/C18H20IN5O2S/c1-10-7-13(19)12-8-11(10)17(26)22-5-4-21-15(25)3-2-6-27-16-9-14(12)23-18(20)24-16/h7-9H,2-6H2,1H3,(H,21,25)(H,22,26)(H2,20,23,24). The van der Waals surface area contributed by atoms with Crippen LogP contribution < -0.4 is 16.4 Å². The molecule has 1 aliphatic rings. The van der Waals surface area contributed by atoms with Gasteiger partial charge in [0.15, 0.2) is 0 Å². The molecule has 0 unspecified atom stereocenters. The number of rotatable bonds is 0. The SMILES string of the molecule is Cc1cc(I)c2cc1C(=O)NCCNC(=O)CCCSc1cc-2nc(N)n1. The Morgan fingerprint density at radius 2 is 1.89 bits per heavy atom. The molecule has 2 amide bonds. The number of benzene rings is 1. The number of nitrogen functional groups attached to an aromatic ring is 1. The van der Waals surface area contributed by atoms with Crippen LogP contribution in [0.3, 0.4) is 0 Å². The quantitative estimate of drug-likeness (QED) is 0.381. The van der Waals surface area contributed by atoms with Gasteiger partial charge in [0.1, 0.15) is 5.03 Å². The molecule has 0 spiro atoms. The van der Waals surface area contributed by atoms with E-state index in [9.17, 15) is 9.59 Å². The normalized spacial score (nSPS) is 15.8. The average molecular weight is 497 g/mol. The number of thioether (sulfide) groups is 1. The number of aromatic nitrogens is 2. The van der Waals surface area contributed by atoms with Crippen LogP contribution in [-0.2, 0) is 4.79 Å². The van der Waals surface area contributed by atoms with Crippen molar-refractivity contribution in [2.75, 3.05) is 24.6 Å². The van der Waals surface area contributed by atoms with Gasteiger partial charge in [-0.3, -0.25) is 9.59 Å². The van der Waals surface area contributed by atoms with Gasteiger partial charge in [0.2, 0.25) is 11.9 Å². The number of hydrogen-bond acceptors (Lipinski definition) is 6. The van der Waals surface area contributed by atoms with Gasteiger partial charge in [0.05, 0.1) is 5.69 Å². The van der Waals surface area contributed by atoms with E-state index in [1.807, 2.05) is 25.1 Å². The molecule has 0 fully saturated rings. The smallest absolute Gasteiger partial charge is 0.251 e. The van der Waals surface area contributed by atoms with E-state index in [2.05, 4.69) is 43.2 Å². The molecule has 3 rings (SSSR count). The van der Waals surface area contributed by atoms with Gasteiger partial charge >= 0.3 is 0 Å². The van der Waals surface area contributed by atoms with Crippen LogP contribution in [0.4, 0.5) is 5.95 Å². The number of nitrogens with two attached hydrogens (primary N) is 1. The number of carbonyl (C=O) groups excluding carboxylic acids is 2. The first-order valence-electron chi connectivity index (χ1n) is 8.57. The second kappa shape index (κ2) is 8.87. The molecule has 142 valence electrons. The minimum Gasteiger partial charge on any atom is -0.368 e. The summed E-state index contributed by atoms with van der Waals surface area (Å²) in [5.41, 5.74) is 8.90. The minimum atomic E-state index is -0.178. The van der Waals surface area contributed by atoms with E-state index in [1.54, 1.807) is 11.8 Å². The first kappa shape index (κ1) is 19.9. The molecule has 1 aromatic heterocycles. The molecule has 27 heavy (non-hydrogen) atoms. The zero-order chi connectivity index (χ0) is 19.4. The topological polar surface area (TPSA) is 110 Å². The number of hydrogen-bond donors (Lipinski definition) is 3. The zero-order valence-corrected chi connectivity index (χ0v) is 17.8. The van der Waals surface area contributed by atoms with Crippen LogP contribution >= 0.6 is 34.4 Å². The maximum atomic E-state index is 12.6. The molecule has 1 aliphatic heterocycles. The first-order chi connectivity index (χ1) is 12.9. The summed E-state index contributed by atoms with van der Waals surface area (Å²) < 4.78 is 0.990. The Bertz CT molecular complexity index is 890. The number of anilines is 1. The van der Waals surface area contributed by atoms with Crippen molar-refractivity contribution in [3.63, 3.8) is 0 Å². The lowest BCUT2D eigenvalue weighted by Gasteiger charge is -2.13. The second-order valence-corrected chi connectivity index (χ2v) is 8.43. The molecule has 4 bridgehead atoms. The van der Waals surface area contributed by atoms with Crippen molar-refractivity contribution in [2.24, 2.45) is 0 Å². The van der Waals surface area contributed by atoms with Crippen molar-refractivity contribution in [3.8, 4) is 11.3 Å². The van der Waals surface area contributed by atoms with Crippen molar-refractivity contribution in [1.82, 2.24) is 20.6 Å². The molecule has 7 nitrogen and oxygen atoms in total.